The van der Waals surface area contributed by atoms with Gasteiger partial charge in [-0.3, -0.25) is 0 Å². The van der Waals surface area contributed by atoms with Crippen molar-refractivity contribution >= 4 is 23.6 Å². The number of halogens is 1. The summed E-state index contributed by atoms with van der Waals surface area (Å²) in [6.45, 7) is 0. The summed E-state index contributed by atoms with van der Waals surface area (Å²) in [7, 11) is 1.78. The van der Waals surface area contributed by atoms with Gasteiger partial charge in [-0.1, -0.05) is 0 Å². The molecule has 0 amide bonds. The summed E-state index contributed by atoms with van der Waals surface area (Å²) in [5.41, 5.74) is 0.880. The topological polar surface area (TPSA) is 36.4 Å². The van der Waals surface area contributed by atoms with Gasteiger partial charge in [-0.25, -0.2) is 4.39 Å². The molecular weight excluding hydrogens is 189 g/mol. The highest BCUT2D eigenvalue weighted by Gasteiger charge is 2.11. The molecule has 0 radical (unpaired) electrons. The lowest BCUT2D eigenvalue weighted by Gasteiger charge is -2.16. The van der Waals surface area contributed by atoms with E-state index >= 15 is 0 Å². The molecule has 0 saturated heterocycles. The largest absolute Gasteiger partial charge is 0.358 e. The van der Waals surface area contributed by atoms with E-state index in [-0.39, 0.29) is 5.82 Å². The smallest absolute Gasteiger partial charge is 0.207 e. The third kappa shape index (κ3) is 1.60. The van der Waals surface area contributed by atoms with Crippen LogP contribution in [0.3, 0.4) is 0 Å². The summed E-state index contributed by atoms with van der Waals surface area (Å²) in [6.07, 6.45) is 0. The van der Waals surface area contributed by atoms with Gasteiger partial charge in [0, 0.05) is 19.0 Å². The first kappa shape index (κ1) is 8.37. The summed E-state index contributed by atoms with van der Waals surface area (Å²) in [5, 5.41) is 5.91. The molecule has 3 nitrogen and oxygen atoms in total. The Morgan fingerprint density at radius 3 is 3.15 bits per heavy atom. The van der Waals surface area contributed by atoms with Crippen molar-refractivity contribution in [3.8, 4) is 0 Å². The second kappa shape index (κ2) is 3.26. The maximum Gasteiger partial charge on any atom is 0.207 e. The highest BCUT2D eigenvalue weighted by atomic mass is 32.2. The molecule has 1 aromatic rings. The molecule has 0 aromatic heterocycles. The Hall–Kier alpha value is -1.23. The molecule has 1 heterocycles. The summed E-state index contributed by atoms with van der Waals surface area (Å²) >= 11 is 1.26. The molecule has 0 atom stereocenters. The zero-order valence-corrected chi connectivity index (χ0v) is 7.78. The summed E-state index contributed by atoms with van der Waals surface area (Å²) in [5.74, 6) is 0.445. The van der Waals surface area contributed by atoms with Crippen molar-refractivity contribution in [3.63, 3.8) is 0 Å². The van der Waals surface area contributed by atoms with Crippen LogP contribution in [0.25, 0.3) is 0 Å². The van der Waals surface area contributed by atoms with E-state index in [1.54, 1.807) is 13.1 Å². The predicted molar refractivity (Wildman–Crippen MR) is 52.4 cm³/mol. The van der Waals surface area contributed by atoms with Crippen molar-refractivity contribution in [2.24, 2.45) is 4.40 Å². The normalized spacial score (nSPS) is 14.2. The first-order valence-corrected chi connectivity index (χ1v) is 4.56. The average Bonchev–Trinajstić information content (AvgIpc) is 2.17. The fraction of sp³-hybridized carbons (Fsp3) is 0.125. The van der Waals surface area contributed by atoms with Crippen molar-refractivity contribution in [1.29, 1.82) is 0 Å². The second-order valence-corrected chi connectivity index (χ2v) is 3.35. The molecule has 1 aliphatic rings. The fourth-order valence-corrected chi connectivity index (χ4v) is 1.74. The minimum Gasteiger partial charge on any atom is -0.358 e. The monoisotopic (exact) mass is 197 g/mol. The zero-order valence-electron chi connectivity index (χ0n) is 6.97. The number of hydrogen-bond donors (Lipinski definition) is 2. The van der Waals surface area contributed by atoms with Crippen molar-refractivity contribution in [3.05, 3.63) is 24.0 Å². The van der Waals surface area contributed by atoms with Crippen LogP contribution in [0, 0.1) is 5.82 Å². The molecule has 0 aliphatic carbocycles. The minimum absolute atomic E-state index is 0.240. The Morgan fingerprint density at radius 2 is 2.38 bits per heavy atom. The van der Waals surface area contributed by atoms with E-state index in [1.165, 1.54) is 24.1 Å². The molecule has 68 valence electrons. The number of anilines is 1. The van der Waals surface area contributed by atoms with E-state index in [0.717, 1.165) is 10.6 Å². The Balaban J connectivity index is 2.33. The SMILES string of the molecule is CNC1=NSc2cc(F)ccc2N1. The molecule has 0 unspecified atom stereocenters. The van der Waals surface area contributed by atoms with Crippen LogP contribution in [0.5, 0.6) is 0 Å². The molecule has 1 aliphatic heterocycles. The zero-order chi connectivity index (χ0) is 9.26. The van der Waals surface area contributed by atoms with E-state index in [2.05, 4.69) is 15.0 Å². The molecule has 0 saturated carbocycles. The molecule has 5 heteroatoms. The highest BCUT2D eigenvalue weighted by Crippen LogP contribution is 2.31. The van der Waals surface area contributed by atoms with Gasteiger partial charge in [-0.2, -0.15) is 4.40 Å². The number of rotatable bonds is 0. The Bertz CT molecular complexity index is 364. The van der Waals surface area contributed by atoms with Gasteiger partial charge in [0.2, 0.25) is 5.96 Å². The third-order valence-corrected chi connectivity index (χ3v) is 2.48. The van der Waals surface area contributed by atoms with Gasteiger partial charge in [-0.15, -0.1) is 0 Å². The van der Waals surface area contributed by atoms with E-state index in [1.807, 2.05) is 0 Å². The first-order valence-electron chi connectivity index (χ1n) is 3.79. The van der Waals surface area contributed by atoms with E-state index in [9.17, 15) is 4.39 Å². The summed E-state index contributed by atoms with van der Waals surface area (Å²) in [4.78, 5) is 0.805. The van der Waals surface area contributed by atoms with E-state index in [4.69, 9.17) is 0 Å². The molecular formula is C8H8FN3S. The van der Waals surface area contributed by atoms with Gasteiger partial charge in [0.15, 0.2) is 0 Å². The second-order valence-electron chi connectivity index (χ2n) is 2.55. The van der Waals surface area contributed by atoms with Crippen LogP contribution in [0.1, 0.15) is 0 Å². The molecule has 2 N–H and O–H groups in total. The van der Waals surface area contributed by atoms with Crippen LogP contribution in [0.15, 0.2) is 27.5 Å². The Morgan fingerprint density at radius 1 is 1.54 bits per heavy atom. The van der Waals surface area contributed by atoms with Gasteiger partial charge in [-0.05, 0) is 18.2 Å². The standard InChI is InChI=1S/C8H8FN3S/c1-10-8-11-6-3-2-5(9)4-7(6)13-12-8/h2-4H,1H3,(H2,10,11,12). The Labute approximate surface area is 79.6 Å². The quantitative estimate of drug-likeness (QED) is 0.623. The number of guanidine groups is 1. The van der Waals surface area contributed by atoms with Gasteiger partial charge >= 0.3 is 0 Å². The number of nitrogens with one attached hydrogen (secondary N) is 2. The predicted octanol–water partition coefficient (Wildman–Crippen LogP) is 1.83. The van der Waals surface area contributed by atoms with Crippen LogP contribution in [-0.2, 0) is 0 Å². The van der Waals surface area contributed by atoms with Gasteiger partial charge in [0.1, 0.15) is 5.82 Å². The van der Waals surface area contributed by atoms with Crippen LogP contribution in [0.2, 0.25) is 0 Å². The number of nitrogens with zero attached hydrogens (tertiary/aromatic N) is 1. The minimum atomic E-state index is -0.240. The van der Waals surface area contributed by atoms with Crippen molar-refractivity contribution in [2.45, 2.75) is 4.90 Å². The first-order chi connectivity index (χ1) is 6.29. The van der Waals surface area contributed by atoms with Crippen molar-refractivity contribution in [2.75, 3.05) is 12.4 Å². The van der Waals surface area contributed by atoms with E-state index in [0.29, 0.717) is 5.96 Å². The van der Waals surface area contributed by atoms with Crippen LogP contribution >= 0.6 is 11.9 Å². The van der Waals surface area contributed by atoms with Gasteiger partial charge < -0.3 is 10.6 Å². The molecule has 1 aromatic carbocycles. The molecule has 0 bridgehead atoms. The Kier molecular flexibility index (Phi) is 2.10. The number of hydrogen-bond acceptors (Lipinski definition) is 4. The lowest BCUT2D eigenvalue weighted by atomic mass is 10.3. The van der Waals surface area contributed by atoms with Crippen molar-refractivity contribution < 1.29 is 4.39 Å². The lowest BCUT2D eigenvalue weighted by Crippen LogP contribution is -2.28. The molecule has 0 spiro atoms. The molecule has 13 heavy (non-hydrogen) atoms. The average molecular weight is 197 g/mol. The lowest BCUT2D eigenvalue weighted by molar-refractivity contribution is 0.624. The summed E-state index contributed by atoms with van der Waals surface area (Å²) in [6, 6.07) is 4.58. The number of benzene rings is 1. The summed E-state index contributed by atoms with van der Waals surface area (Å²) < 4.78 is 16.8. The van der Waals surface area contributed by atoms with Crippen molar-refractivity contribution in [1.82, 2.24) is 5.32 Å². The maximum atomic E-state index is 12.8. The van der Waals surface area contributed by atoms with Gasteiger partial charge in [0.05, 0.1) is 10.6 Å². The third-order valence-electron chi connectivity index (χ3n) is 1.67. The molecule has 2 rings (SSSR count). The van der Waals surface area contributed by atoms with Crippen LogP contribution < -0.4 is 10.6 Å². The van der Waals surface area contributed by atoms with Crippen LogP contribution in [0.4, 0.5) is 10.1 Å². The maximum absolute atomic E-state index is 12.8. The molecule has 0 fully saturated rings. The fourth-order valence-electron chi connectivity index (χ4n) is 1.03. The highest BCUT2D eigenvalue weighted by molar-refractivity contribution is 7.98. The van der Waals surface area contributed by atoms with Crippen LogP contribution in [-0.4, -0.2) is 13.0 Å². The van der Waals surface area contributed by atoms with E-state index < -0.39 is 0 Å². The number of fused-ring (bicyclic) bond motifs is 1. The van der Waals surface area contributed by atoms with Gasteiger partial charge in [0.25, 0.3) is 0 Å².